The molecule has 5 heteroatoms. The molecular weight excluding hydrogens is 376 g/mol. The van der Waals surface area contributed by atoms with E-state index in [1.54, 1.807) is 11.3 Å². The fraction of sp³-hybridized carbons (Fsp3) is 0.125. The maximum Gasteiger partial charge on any atom is 0.160 e. The quantitative estimate of drug-likeness (QED) is 0.383. The average Bonchev–Trinajstić information content (AvgIpc) is 3.40. The van der Waals surface area contributed by atoms with E-state index in [0.717, 1.165) is 34.3 Å². The summed E-state index contributed by atoms with van der Waals surface area (Å²) in [6, 6.07) is 17.1. The molecule has 0 saturated heterocycles. The Bertz CT molecular complexity index is 1240. The summed E-state index contributed by atoms with van der Waals surface area (Å²) < 4.78 is 2.10. The van der Waals surface area contributed by atoms with Crippen LogP contribution in [-0.2, 0) is 6.54 Å². The number of hydrogen-bond acceptors (Lipinski definition) is 4. The number of fused-ring (bicyclic) bond motifs is 1. The van der Waals surface area contributed by atoms with Gasteiger partial charge < -0.3 is 4.57 Å². The standard InChI is InChI=1S/C24H20N4S/c1-16-3-4-20(13-17(16)2)18-5-7-19(8-6-18)24-26-21-9-11-28(14-22(21)27-24)15-23-25-10-12-29-23/h3-14H,15H2,1-2H3. The van der Waals surface area contributed by atoms with Crippen molar-refractivity contribution >= 4 is 11.3 Å². The molecule has 0 radical (unpaired) electrons. The second-order valence-corrected chi connectivity index (χ2v) is 8.22. The van der Waals surface area contributed by atoms with Gasteiger partial charge in [-0.25, -0.2) is 15.0 Å². The average molecular weight is 397 g/mol. The molecule has 0 spiro atoms. The minimum Gasteiger partial charge on any atom is -0.345 e. The van der Waals surface area contributed by atoms with E-state index in [1.807, 2.05) is 30.0 Å². The molecule has 1 aromatic heterocycles. The van der Waals surface area contributed by atoms with Crippen LogP contribution in [0.3, 0.4) is 0 Å². The number of hydrogen-bond donors (Lipinski definition) is 0. The predicted molar refractivity (Wildman–Crippen MR) is 118 cm³/mol. The zero-order valence-electron chi connectivity index (χ0n) is 16.3. The van der Waals surface area contributed by atoms with E-state index in [0.29, 0.717) is 0 Å². The smallest absolute Gasteiger partial charge is 0.160 e. The number of thiazole rings is 1. The van der Waals surface area contributed by atoms with Crippen LogP contribution in [0.5, 0.6) is 0 Å². The highest BCUT2D eigenvalue weighted by molar-refractivity contribution is 7.09. The van der Waals surface area contributed by atoms with E-state index in [4.69, 9.17) is 9.97 Å². The fourth-order valence-corrected chi connectivity index (χ4v) is 4.02. The summed E-state index contributed by atoms with van der Waals surface area (Å²) in [6.07, 6.45) is 5.91. The first-order chi connectivity index (χ1) is 14.2. The molecule has 2 aliphatic heterocycles. The number of imidazole rings is 1. The summed E-state index contributed by atoms with van der Waals surface area (Å²) in [5, 5.41) is 3.08. The maximum atomic E-state index is 4.75. The van der Waals surface area contributed by atoms with Crippen molar-refractivity contribution in [1.29, 1.82) is 0 Å². The molecule has 2 aliphatic rings. The third-order valence-corrected chi connectivity index (χ3v) is 5.98. The van der Waals surface area contributed by atoms with Crippen LogP contribution in [0.25, 0.3) is 33.9 Å². The number of rotatable bonds is 4. The van der Waals surface area contributed by atoms with Crippen molar-refractivity contribution in [3.63, 3.8) is 0 Å². The van der Waals surface area contributed by atoms with Crippen LogP contribution in [0.15, 0.2) is 72.5 Å². The Kier molecular flexibility index (Phi) is 4.45. The van der Waals surface area contributed by atoms with Gasteiger partial charge in [-0.15, -0.1) is 11.3 Å². The summed E-state index contributed by atoms with van der Waals surface area (Å²) in [5.41, 5.74) is 7.90. The lowest BCUT2D eigenvalue weighted by Crippen LogP contribution is -2.00. The normalized spacial score (nSPS) is 11.2. The monoisotopic (exact) mass is 396 g/mol. The van der Waals surface area contributed by atoms with E-state index >= 15 is 0 Å². The van der Waals surface area contributed by atoms with Gasteiger partial charge in [0.15, 0.2) is 5.82 Å². The highest BCUT2D eigenvalue weighted by atomic mass is 32.1. The van der Waals surface area contributed by atoms with Crippen molar-refractivity contribution in [1.82, 2.24) is 19.5 Å². The Balaban J connectivity index is 1.43. The molecule has 0 amide bonds. The second-order valence-electron chi connectivity index (χ2n) is 7.24. The van der Waals surface area contributed by atoms with Gasteiger partial charge in [0.1, 0.15) is 10.7 Å². The summed E-state index contributed by atoms with van der Waals surface area (Å²) >= 11 is 1.66. The van der Waals surface area contributed by atoms with E-state index < -0.39 is 0 Å². The Morgan fingerprint density at radius 2 is 1.59 bits per heavy atom. The van der Waals surface area contributed by atoms with E-state index in [2.05, 4.69) is 65.9 Å². The van der Waals surface area contributed by atoms with Crippen molar-refractivity contribution in [2.24, 2.45) is 0 Å². The zero-order valence-corrected chi connectivity index (χ0v) is 17.1. The van der Waals surface area contributed by atoms with Gasteiger partial charge in [-0.2, -0.15) is 0 Å². The van der Waals surface area contributed by atoms with Gasteiger partial charge in [-0.1, -0.05) is 42.5 Å². The van der Waals surface area contributed by atoms with Crippen LogP contribution in [0.4, 0.5) is 0 Å². The summed E-state index contributed by atoms with van der Waals surface area (Å²) in [5.74, 6) is 0.763. The van der Waals surface area contributed by atoms with Gasteiger partial charge in [-0.3, -0.25) is 0 Å². The predicted octanol–water partition coefficient (Wildman–Crippen LogP) is 5.84. The Labute approximate surface area is 173 Å². The molecule has 2 aromatic carbocycles. The third kappa shape index (κ3) is 3.57. The first kappa shape index (κ1) is 17.8. The molecule has 3 heterocycles. The Morgan fingerprint density at radius 1 is 0.828 bits per heavy atom. The van der Waals surface area contributed by atoms with Crippen molar-refractivity contribution in [2.75, 3.05) is 0 Å². The molecule has 4 nitrogen and oxygen atoms in total. The number of benzene rings is 2. The molecule has 3 aromatic rings. The molecule has 0 saturated carbocycles. The molecule has 0 bridgehead atoms. The fourth-order valence-electron chi connectivity index (χ4n) is 3.40. The number of aromatic nitrogens is 4. The number of nitrogens with zero attached hydrogens (tertiary/aromatic N) is 4. The van der Waals surface area contributed by atoms with Crippen LogP contribution in [0, 0.1) is 13.8 Å². The van der Waals surface area contributed by atoms with Gasteiger partial charge in [-0.05, 0) is 42.2 Å². The molecule has 0 fully saturated rings. The highest BCUT2D eigenvalue weighted by Gasteiger charge is 2.13. The van der Waals surface area contributed by atoms with Crippen LogP contribution in [0.2, 0.25) is 0 Å². The first-order valence-electron chi connectivity index (χ1n) is 9.56. The van der Waals surface area contributed by atoms with Gasteiger partial charge >= 0.3 is 0 Å². The summed E-state index contributed by atoms with van der Waals surface area (Å²) in [7, 11) is 0. The molecule has 0 N–H and O–H groups in total. The third-order valence-electron chi connectivity index (χ3n) is 5.21. The van der Waals surface area contributed by atoms with E-state index in [-0.39, 0.29) is 0 Å². The molecule has 29 heavy (non-hydrogen) atoms. The lowest BCUT2D eigenvalue weighted by molar-refractivity contribution is 0.783. The van der Waals surface area contributed by atoms with Crippen molar-refractivity contribution in [2.45, 2.75) is 20.4 Å². The summed E-state index contributed by atoms with van der Waals surface area (Å²) in [4.78, 5) is 13.8. The molecule has 0 atom stereocenters. The molecule has 0 aliphatic carbocycles. The van der Waals surface area contributed by atoms with Crippen LogP contribution >= 0.6 is 11.3 Å². The van der Waals surface area contributed by atoms with Gasteiger partial charge in [0.05, 0.1) is 12.2 Å². The van der Waals surface area contributed by atoms with Gasteiger partial charge in [0.2, 0.25) is 0 Å². The SMILES string of the molecule is Cc1ccc(-c2ccc(-c3nc4ccn(Cc5nccs5)cc-4n3)cc2)cc1C. The Hall–Kier alpha value is -3.31. The molecule has 5 rings (SSSR count). The lowest BCUT2D eigenvalue weighted by Gasteiger charge is -2.06. The first-order valence-corrected chi connectivity index (χ1v) is 10.4. The van der Waals surface area contributed by atoms with Gasteiger partial charge in [0.25, 0.3) is 0 Å². The number of pyridine rings is 1. The van der Waals surface area contributed by atoms with Gasteiger partial charge in [0, 0.05) is 29.5 Å². The van der Waals surface area contributed by atoms with E-state index in [1.165, 1.54) is 22.3 Å². The Morgan fingerprint density at radius 3 is 2.34 bits per heavy atom. The van der Waals surface area contributed by atoms with Crippen molar-refractivity contribution in [3.8, 4) is 33.9 Å². The lowest BCUT2D eigenvalue weighted by atomic mass is 9.99. The van der Waals surface area contributed by atoms with Crippen molar-refractivity contribution < 1.29 is 0 Å². The zero-order chi connectivity index (χ0) is 19.8. The molecule has 0 unspecified atom stereocenters. The van der Waals surface area contributed by atoms with E-state index in [9.17, 15) is 0 Å². The van der Waals surface area contributed by atoms with Crippen molar-refractivity contribution in [3.05, 3.63) is 88.6 Å². The highest BCUT2D eigenvalue weighted by Crippen LogP contribution is 2.28. The van der Waals surface area contributed by atoms with Crippen LogP contribution in [-0.4, -0.2) is 19.5 Å². The minimum atomic E-state index is 0.750. The molecular formula is C24H20N4S. The molecule has 142 valence electrons. The topological polar surface area (TPSA) is 43.6 Å². The largest absolute Gasteiger partial charge is 0.345 e. The number of aryl methyl sites for hydroxylation is 2. The van der Waals surface area contributed by atoms with Crippen LogP contribution in [0.1, 0.15) is 16.1 Å². The second kappa shape index (κ2) is 7.26. The maximum absolute atomic E-state index is 4.75. The summed E-state index contributed by atoms with van der Waals surface area (Å²) in [6.45, 7) is 5.04. The minimum absolute atomic E-state index is 0.750. The van der Waals surface area contributed by atoms with Crippen LogP contribution < -0.4 is 0 Å².